The number of benzene rings is 1. The lowest BCUT2D eigenvalue weighted by Gasteiger charge is -2.21. The summed E-state index contributed by atoms with van der Waals surface area (Å²) in [4.78, 5) is 6.82. The average Bonchev–Trinajstić information content (AvgIpc) is 2.36. The minimum atomic E-state index is 0.694. The Morgan fingerprint density at radius 3 is 2.68 bits per heavy atom. The maximum Gasteiger partial charge on any atom is 0.0727 e. The average molecular weight is 278 g/mol. The van der Waals surface area contributed by atoms with Crippen LogP contribution in [-0.4, -0.2) is 25.6 Å². The van der Waals surface area contributed by atoms with Gasteiger partial charge in [-0.15, -0.1) is 0 Å². The van der Waals surface area contributed by atoms with Crippen LogP contribution in [0.1, 0.15) is 17.7 Å². The van der Waals surface area contributed by atoms with Gasteiger partial charge in [-0.2, -0.15) is 0 Å². The third-order valence-corrected chi connectivity index (χ3v) is 3.54. The van der Waals surface area contributed by atoms with Gasteiger partial charge in [-0.25, -0.2) is 0 Å². The molecule has 19 heavy (non-hydrogen) atoms. The van der Waals surface area contributed by atoms with E-state index in [0.29, 0.717) is 6.54 Å². The molecule has 0 radical (unpaired) electrons. The summed E-state index contributed by atoms with van der Waals surface area (Å²) in [6, 6.07) is 5.85. The van der Waals surface area contributed by atoms with Crippen LogP contribution < -0.4 is 10.6 Å². The van der Waals surface area contributed by atoms with Crippen molar-refractivity contribution >= 4 is 28.2 Å². The summed E-state index contributed by atoms with van der Waals surface area (Å²) >= 11 is 6.13. The Balaban J connectivity index is 2.71. The fourth-order valence-electron chi connectivity index (χ4n) is 2.47. The van der Waals surface area contributed by atoms with Gasteiger partial charge in [0.1, 0.15) is 0 Å². The Kier molecular flexibility index (Phi) is 4.27. The first-order valence-electron chi connectivity index (χ1n) is 6.50. The quantitative estimate of drug-likeness (QED) is 0.933. The van der Waals surface area contributed by atoms with E-state index in [4.69, 9.17) is 17.3 Å². The van der Waals surface area contributed by atoms with E-state index in [1.54, 1.807) is 0 Å². The molecule has 3 nitrogen and oxygen atoms in total. The first-order valence-corrected chi connectivity index (χ1v) is 6.88. The number of halogens is 1. The van der Waals surface area contributed by atoms with E-state index in [1.807, 2.05) is 18.2 Å². The van der Waals surface area contributed by atoms with Gasteiger partial charge in [0.05, 0.1) is 11.2 Å². The van der Waals surface area contributed by atoms with E-state index in [2.05, 4.69) is 30.9 Å². The molecule has 4 heteroatoms. The highest BCUT2D eigenvalue weighted by Gasteiger charge is 2.14. The van der Waals surface area contributed by atoms with Gasteiger partial charge in [-0.3, -0.25) is 4.98 Å². The Hall–Kier alpha value is -1.32. The van der Waals surface area contributed by atoms with E-state index in [9.17, 15) is 0 Å². The third-order valence-electron chi connectivity index (χ3n) is 3.30. The maximum absolute atomic E-state index is 6.13. The van der Waals surface area contributed by atoms with Crippen LogP contribution in [0, 0.1) is 6.92 Å². The van der Waals surface area contributed by atoms with E-state index >= 15 is 0 Å². The summed E-state index contributed by atoms with van der Waals surface area (Å²) in [5, 5.41) is 1.85. The van der Waals surface area contributed by atoms with Gasteiger partial charge in [0, 0.05) is 30.2 Å². The first kappa shape index (κ1) is 14.1. The molecule has 0 aliphatic rings. The zero-order valence-corrected chi connectivity index (χ0v) is 12.5. The number of rotatable bonds is 4. The Morgan fingerprint density at radius 1 is 1.32 bits per heavy atom. The number of aryl methyl sites for hydroxylation is 1. The fraction of sp³-hybridized carbons (Fsp3) is 0.400. The molecule has 2 rings (SSSR count). The number of hydrogen-bond acceptors (Lipinski definition) is 3. The van der Waals surface area contributed by atoms with E-state index in [1.165, 1.54) is 11.3 Å². The number of nitrogens with two attached hydrogens (primary N) is 1. The number of nitrogens with zero attached hydrogens (tertiary/aromatic N) is 2. The largest absolute Gasteiger partial charge is 0.377 e. The van der Waals surface area contributed by atoms with Gasteiger partial charge >= 0.3 is 0 Å². The maximum atomic E-state index is 6.13. The molecule has 0 atom stereocenters. The van der Waals surface area contributed by atoms with Crippen molar-refractivity contribution in [3.63, 3.8) is 0 Å². The molecule has 0 saturated carbocycles. The molecular weight excluding hydrogens is 258 g/mol. The number of fused-ring (bicyclic) bond motifs is 1. The highest BCUT2D eigenvalue weighted by molar-refractivity contribution is 6.31. The van der Waals surface area contributed by atoms with Crippen LogP contribution in [0.15, 0.2) is 18.2 Å². The molecule has 102 valence electrons. The number of pyridine rings is 1. The zero-order chi connectivity index (χ0) is 14.0. The van der Waals surface area contributed by atoms with Crippen LogP contribution in [-0.2, 0) is 6.42 Å². The van der Waals surface area contributed by atoms with Crippen LogP contribution in [0.25, 0.3) is 10.9 Å². The molecule has 0 bridgehead atoms. The summed E-state index contributed by atoms with van der Waals surface area (Å²) < 4.78 is 0. The SMILES string of the molecule is Cc1nc2ccc(Cl)cc2c(N(C)C)c1CCCN. The lowest BCUT2D eigenvalue weighted by Crippen LogP contribution is -2.14. The van der Waals surface area contributed by atoms with Crippen molar-refractivity contribution in [1.82, 2.24) is 4.98 Å². The van der Waals surface area contributed by atoms with Crippen molar-refractivity contribution in [2.75, 3.05) is 25.5 Å². The van der Waals surface area contributed by atoms with Crippen LogP contribution in [0.4, 0.5) is 5.69 Å². The van der Waals surface area contributed by atoms with Crippen LogP contribution in [0.2, 0.25) is 5.02 Å². The van der Waals surface area contributed by atoms with Crippen LogP contribution >= 0.6 is 11.6 Å². The molecule has 0 aliphatic carbocycles. The van der Waals surface area contributed by atoms with Gasteiger partial charge in [-0.05, 0) is 50.1 Å². The lowest BCUT2D eigenvalue weighted by atomic mass is 10.0. The summed E-state index contributed by atoms with van der Waals surface area (Å²) in [6.07, 6.45) is 1.92. The van der Waals surface area contributed by atoms with Crippen molar-refractivity contribution < 1.29 is 0 Å². The van der Waals surface area contributed by atoms with Gasteiger partial charge in [0.2, 0.25) is 0 Å². The smallest absolute Gasteiger partial charge is 0.0727 e. The van der Waals surface area contributed by atoms with E-state index in [0.717, 1.165) is 34.5 Å². The van der Waals surface area contributed by atoms with Crippen molar-refractivity contribution in [2.24, 2.45) is 5.73 Å². The Labute approximate surface area is 119 Å². The minimum absolute atomic E-state index is 0.694. The highest BCUT2D eigenvalue weighted by atomic mass is 35.5. The standard InChI is InChI=1S/C15H20ClN3/c1-10-12(5-4-8-17)15(19(2)3)13-9-11(16)6-7-14(13)18-10/h6-7,9H,4-5,8,17H2,1-3H3. The lowest BCUT2D eigenvalue weighted by molar-refractivity contribution is 0.820. The monoisotopic (exact) mass is 277 g/mol. The Morgan fingerprint density at radius 2 is 2.05 bits per heavy atom. The predicted octanol–water partition coefficient (Wildman–Crippen LogP) is 3.15. The molecule has 0 unspecified atom stereocenters. The number of hydrogen-bond donors (Lipinski definition) is 1. The van der Waals surface area contributed by atoms with Gasteiger partial charge in [0.25, 0.3) is 0 Å². The molecule has 0 aliphatic heterocycles. The van der Waals surface area contributed by atoms with Gasteiger partial charge < -0.3 is 10.6 Å². The number of aromatic nitrogens is 1. The van der Waals surface area contributed by atoms with Crippen molar-refractivity contribution in [3.8, 4) is 0 Å². The second-order valence-corrected chi connectivity index (χ2v) is 5.41. The second-order valence-electron chi connectivity index (χ2n) is 4.97. The number of anilines is 1. The van der Waals surface area contributed by atoms with Gasteiger partial charge in [-0.1, -0.05) is 11.6 Å². The summed E-state index contributed by atoms with van der Waals surface area (Å²) in [5.41, 5.74) is 10.2. The molecule has 0 saturated heterocycles. The topological polar surface area (TPSA) is 42.2 Å². The molecule has 0 fully saturated rings. The van der Waals surface area contributed by atoms with Crippen molar-refractivity contribution in [1.29, 1.82) is 0 Å². The fourth-order valence-corrected chi connectivity index (χ4v) is 2.64. The predicted molar refractivity (Wildman–Crippen MR) is 83.2 cm³/mol. The third kappa shape index (κ3) is 2.82. The van der Waals surface area contributed by atoms with Crippen molar-refractivity contribution in [2.45, 2.75) is 19.8 Å². The molecule has 2 N–H and O–H groups in total. The normalized spacial score (nSPS) is 11.0. The summed E-state index contributed by atoms with van der Waals surface area (Å²) in [7, 11) is 4.11. The molecule has 0 spiro atoms. The van der Waals surface area contributed by atoms with E-state index in [-0.39, 0.29) is 0 Å². The van der Waals surface area contributed by atoms with Crippen molar-refractivity contribution in [3.05, 3.63) is 34.5 Å². The molecule has 1 heterocycles. The molecule has 0 amide bonds. The highest BCUT2D eigenvalue weighted by Crippen LogP contribution is 2.33. The molecule has 1 aromatic carbocycles. The first-order chi connectivity index (χ1) is 9.04. The molecule has 1 aromatic heterocycles. The van der Waals surface area contributed by atoms with Crippen LogP contribution in [0.5, 0.6) is 0 Å². The molecule has 2 aromatic rings. The second kappa shape index (κ2) is 5.76. The zero-order valence-electron chi connectivity index (χ0n) is 11.7. The summed E-state index contributed by atoms with van der Waals surface area (Å²) in [6.45, 7) is 2.76. The van der Waals surface area contributed by atoms with Gasteiger partial charge in [0.15, 0.2) is 0 Å². The summed E-state index contributed by atoms with van der Waals surface area (Å²) in [5.74, 6) is 0. The van der Waals surface area contributed by atoms with E-state index < -0.39 is 0 Å². The molecular formula is C15H20ClN3. The van der Waals surface area contributed by atoms with Crippen LogP contribution in [0.3, 0.4) is 0 Å². The Bertz CT molecular complexity index is 593. The minimum Gasteiger partial charge on any atom is -0.377 e.